The first-order chi connectivity index (χ1) is 15.2. The monoisotopic (exact) mass is 435 g/mol. The number of Topliss-reactive ketones (excluding diaryl/α,β-unsaturated/α-hetero) is 1. The van der Waals surface area contributed by atoms with Gasteiger partial charge in [-0.3, -0.25) is 9.59 Å². The van der Waals surface area contributed by atoms with Crippen molar-refractivity contribution in [3.8, 4) is 0 Å². The summed E-state index contributed by atoms with van der Waals surface area (Å²) >= 11 is 0. The fraction of sp³-hybridized carbons (Fsp3) is 0.333. The summed E-state index contributed by atoms with van der Waals surface area (Å²) in [5, 5.41) is 19.7. The molecular formula is C24H25N3O5. The van der Waals surface area contributed by atoms with E-state index in [1.54, 1.807) is 81.4 Å². The molecule has 0 bridgehead atoms. The third-order valence-electron chi connectivity index (χ3n) is 5.79. The Balaban J connectivity index is 1.89. The molecule has 2 aliphatic heterocycles. The number of urea groups is 1. The van der Waals surface area contributed by atoms with Gasteiger partial charge in [0.2, 0.25) is 0 Å². The third-order valence-corrected chi connectivity index (χ3v) is 5.79. The maximum Gasteiger partial charge on any atom is 0.340 e. The Morgan fingerprint density at radius 3 is 2.28 bits per heavy atom. The molecule has 8 heteroatoms. The SMILES string of the molecule is CC1=NN2C(=O)NC(O)(c3ccccc3)C2C(C(=O)c2ccccc2)C1C(=O)OC(C)C. The maximum atomic E-state index is 13.8. The number of aliphatic hydroxyl groups is 1. The van der Waals surface area contributed by atoms with E-state index in [1.165, 1.54) is 0 Å². The van der Waals surface area contributed by atoms with E-state index in [-0.39, 0.29) is 11.5 Å². The van der Waals surface area contributed by atoms with E-state index in [0.29, 0.717) is 11.1 Å². The second kappa shape index (κ2) is 8.20. The van der Waals surface area contributed by atoms with Gasteiger partial charge in [0.05, 0.1) is 17.7 Å². The van der Waals surface area contributed by atoms with E-state index < -0.39 is 41.7 Å². The lowest BCUT2D eigenvalue weighted by Crippen LogP contribution is -2.58. The van der Waals surface area contributed by atoms with Gasteiger partial charge in [-0.15, -0.1) is 0 Å². The number of esters is 1. The standard InChI is InChI=1S/C24H25N3O5/c1-14(2)32-22(29)18-15(3)26-27-21(19(18)20(28)16-10-6-4-7-11-16)24(31,25-23(27)30)17-12-8-5-9-13-17/h4-14,18-19,21,31H,1-3H3,(H,25,30). The van der Waals surface area contributed by atoms with Gasteiger partial charge in [-0.05, 0) is 20.8 Å². The zero-order valence-electron chi connectivity index (χ0n) is 18.1. The number of ether oxygens (including phenoxy) is 1. The van der Waals surface area contributed by atoms with Crippen LogP contribution in [0.25, 0.3) is 0 Å². The lowest BCUT2D eigenvalue weighted by atomic mass is 9.72. The van der Waals surface area contributed by atoms with Crippen LogP contribution in [0.1, 0.15) is 36.7 Å². The molecule has 2 amide bonds. The summed E-state index contributed by atoms with van der Waals surface area (Å²) in [6.45, 7) is 5.02. The predicted octanol–water partition coefficient (Wildman–Crippen LogP) is 2.68. The van der Waals surface area contributed by atoms with Crippen LogP contribution in [-0.4, -0.2) is 45.8 Å². The normalized spacial score (nSPS) is 26.9. The van der Waals surface area contributed by atoms with E-state index >= 15 is 0 Å². The highest BCUT2D eigenvalue weighted by Gasteiger charge is 2.62. The van der Waals surface area contributed by atoms with Crippen LogP contribution >= 0.6 is 0 Å². The van der Waals surface area contributed by atoms with Gasteiger partial charge in [-0.25, -0.2) is 9.80 Å². The summed E-state index contributed by atoms with van der Waals surface area (Å²) in [6, 6.07) is 15.2. The first kappa shape index (κ1) is 21.7. The summed E-state index contributed by atoms with van der Waals surface area (Å²) in [5.41, 5.74) is -0.913. The van der Waals surface area contributed by atoms with Gasteiger partial charge in [0, 0.05) is 11.1 Å². The number of benzene rings is 2. The zero-order chi connectivity index (χ0) is 23.0. The first-order valence-electron chi connectivity index (χ1n) is 10.5. The molecule has 8 nitrogen and oxygen atoms in total. The molecule has 1 fully saturated rings. The van der Waals surface area contributed by atoms with Crippen LogP contribution in [0.5, 0.6) is 0 Å². The van der Waals surface area contributed by atoms with Crippen molar-refractivity contribution in [1.82, 2.24) is 10.3 Å². The van der Waals surface area contributed by atoms with Crippen LogP contribution in [0.15, 0.2) is 65.8 Å². The quantitative estimate of drug-likeness (QED) is 0.555. The number of nitrogens with zero attached hydrogens (tertiary/aromatic N) is 2. The maximum absolute atomic E-state index is 13.8. The van der Waals surface area contributed by atoms with Gasteiger partial charge in [0.1, 0.15) is 12.0 Å². The van der Waals surface area contributed by atoms with E-state index in [1.807, 2.05) is 0 Å². The molecule has 0 saturated carbocycles. The largest absolute Gasteiger partial charge is 0.462 e. The molecule has 2 N–H and O–H groups in total. The van der Waals surface area contributed by atoms with E-state index in [9.17, 15) is 19.5 Å². The Bertz CT molecular complexity index is 1070. The molecule has 166 valence electrons. The van der Waals surface area contributed by atoms with E-state index in [4.69, 9.17) is 4.74 Å². The van der Waals surface area contributed by atoms with Crippen molar-refractivity contribution in [2.24, 2.45) is 16.9 Å². The summed E-state index contributed by atoms with van der Waals surface area (Å²) in [4.78, 5) is 39.7. The highest BCUT2D eigenvalue weighted by Crippen LogP contribution is 2.43. The number of rotatable bonds is 5. The minimum atomic E-state index is -1.94. The minimum absolute atomic E-state index is 0.272. The minimum Gasteiger partial charge on any atom is -0.462 e. The van der Waals surface area contributed by atoms with Crippen molar-refractivity contribution in [3.05, 3.63) is 71.8 Å². The Kier molecular flexibility index (Phi) is 5.56. The van der Waals surface area contributed by atoms with Crippen molar-refractivity contribution in [3.63, 3.8) is 0 Å². The molecule has 4 unspecified atom stereocenters. The highest BCUT2D eigenvalue weighted by molar-refractivity contribution is 6.10. The number of ketones is 1. The number of hydrazone groups is 1. The first-order valence-corrected chi connectivity index (χ1v) is 10.5. The average Bonchev–Trinajstić information content (AvgIpc) is 3.03. The van der Waals surface area contributed by atoms with Crippen LogP contribution in [0, 0.1) is 11.8 Å². The number of hydrogen-bond donors (Lipinski definition) is 2. The summed E-state index contributed by atoms with van der Waals surface area (Å²) in [7, 11) is 0. The molecule has 2 aromatic rings. The molecule has 4 rings (SSSR count). The van der Waals surface area contributed by atoms with E-state index in [0.717, 1.165) is 5.01 Å². The zero-order valence-corrected chi connectivity index (χ0v) is 18.1. The topological polar surface area (TPSA) is 108 Å². The van der Waals surface area contributed by atoms with Crippen molar-refractivity contribution in [2.45, 2.75) is 38.6 Å². The Morgan fingerprint density at radius 2 is 1.69 bits per heavy atom. The molecule has 1 saturated heterocycles. The van der Waals surface area contributed by atoms with Gasteiger partial charge in [-0.2, -0.15) is 5.10 Å². The molecule has 4 atom stereocenters. The second-order valence-electron chi connectivity index (χ2n) is 8.31. The second-order valence-corrected chi connectivity index (χ2v) is 8.31. The number of amides is 2. The molecule has 0 spiro atoms. The van der Waals surface area contributed by atoms with Gasteiger partial charge in [-0.1, -0.05) is 60.7 Å². The highest BCUT2D eigenvalue weighted by atomic mass is 16.5. The summed E-state index contributed by atoms with van der Waals surface area (Å²) < 4.78 is 5.45. The summed E-state index contributed by atoms with van der Waals surface area (Å²) in [5.74, 6) is -3.18. The van der Waals surface area contributed by atoms with Crippen LogP contribution in [-0.2, 0) is 15.3 Å². The Morgan fingerprint density at radius 1 is 1.09 bits per heavy atom. The van der Waals surface area contributed by atoms with Crippen molar-refractivity contribution >= 4 is 23.5 Å². The van der Waals surface area contributed by atoms with E-state index in [2.05, 4.69) is 10.4 Å². The van der Waals surface area contributed by atoms with Crippen LogP contribution in [0.4, 0.5) is 4.79 Å². The number of nitrogens with one attached hydrogen (secondary N) is 1. The lowest BCUT2D eigenvalue weighted by molar-refractivity contribution is -0.153. The number of hydrogen-bond acceptors (Lipinski definition) is 6. The molecule has 0 radical (unpaired) electrons. The number of carbonyl (C=O) groups is 3. The molecule has 2 aliphatic rings. The number of fused-ring (bicyclic) bond motifs is 1. The predicted molar refractivity (Wildman–Crippen MR) is 117 cm³/mol. The lowest BCUT2D eigenvalue weighted by Gasteiger charge is -2.41. The van der Waals surface area contributed by atoms with Crippen molar-refractivity contribution in [2.75, 3.05) is 0 Å². The summed E-state index contributed by atoms with van der Waals surface area (Å²) in [6.07, 6.45) is -0.405. The molecule has 0 aliphatic carbocycles. The Labute approximate surface area is 185 Å². The van der Waals surface area contributed by atoms with Gasteiger partial charge >= 0.3 is 12.0 Å². The smallest absolute Gasteiger partial charge is 0.340 e. The molecule has 0 aromatic heterocycles. The average molecular weight is 435 g/mol. The third kappa shape index (κ3) is 3.56. The Hall–Kier alpha value is -3.52. The van der Waals surface area contributed by atoms with Crippen LogP contribution in [0.3, 0.4) is 0 Å². The molecule has 2 heterocycles. The fourth-order valence-electron chi connectivity index (χ4n) is 4.44. The van der Waals surface area contributed by atoms with Crippen molar-refractivity contribution in [1.29, 1.82) is 0 Å². The van der Waals surface area contributed by atoms with Gasteiger partial charge in [0.25, 0.3) is 0 Å². The van der Waals surface area contributed by atoms with Gasteiger partial charge < -0.3 is 15.2 Å². The molecule has 32 heavy (non-hydrogen) atoms. The van der Waals surface area contributed by atoms with Gasteiger partial charge in [0.15, 0.2) is 11.5 Å². The molecular weight excluding hydrogens is 410 g/mol. The number of carbonyl (C=O) groups excluding carboxylic acids is 3. The fourth-order valence-corrected chi connectivity index (χ4v) is 4.44. The van der Waals surface area contributed by atoms with Crippen LogP contribution < -0.4 is 5.32 Å². The molecule has 2 aromatic carbocycles. The van der Waals surface area contributed by atoms with Crippen LogP contribution in [0.2, 0.25) is 0 Å². The van der Waals surface area contributed by atoms with Crippen molar-refractivity contribution < 1.29 is 24.2 Å².